The van der Waals surface area contributed by atoms with Gasteiger partial charge < -0.3 is 10.2 Å². The Labute approximate surface area is 580 Å². The van der Waals surface area contributed by atoms with Crippen molar-refractivity contribution in [2.45, 2.75) is 154 Å². The molecule has 0 aliphatic rings. The molecule has 9 aromatic carbocycles. The van der Waals surface area contributed by atoms with Crippen LogP contribution in [0.5, 0.6) is 0 Å². The predicted octanol–water partition coefficient (Wildman–Crippen LogP) is 28.2. The van der Waals surface area contributed by atoms with Crippen LogP contribution in [0.15, 0.2) is 286 Å². The van der Waals surface area contributed by atoms with E-state index in [1.54, 1.807) is 67.6 Å². The van der Waals surface area contributed by atoms with Crippen molar-refractivity contribution in [1.29, 1.82) is 0 Å². The largest absolute Gasteiger partial charge is 0.478 e. The Bertz CT molecular complexity index is 2550. The minimum absolute atomic E-state index is 0. The van der Waals surface area contributed by atoms with E-state index in [0.717, 1.165) is 5.56 Å². The molecule has 5 nitrogen and oxygen atoms in total. The maximum atomic E-state index is 10.6. The van der Waals surface area contributed by atoms with Gasteiger partial charge in [0.15, 0.2) is 5.78 Å². The summed E-state index contributed by atoms with van der Waals surface area (Å²) in [6.45, 7) is 44.8. The van der Waals surface area contributed by atoms with Crippen LogP contribution in [0.3, 0.4) is 0 Å². The van der Waals surface area contributed by atoms with Gasteiger partial charge in [-0.25, -0.2) is 9.59 Å². The fraction of sp³-hybridized carbons (Fsp3) is 0.253. The summed E-state index contributed by atoms with van der Waals surface area (Å²) in [6.07, 6.45) is 12.1. The van der Waals surface area contributed by atoms with E-state index in [4.69, 9.17) is 10.2 Å². The number of rotatable bonds is 9. The summed E-state index contributed by atoms with van der Waals surface area (Å²) in [5.41, 5.74) is 8.72. The second kappa shape index (κ2) is 94.7. The van der Waals surface area contributed by atoms with Crippen molar-refractivity contribution in [2.24, 2.45) is 0 Å². The van der Waals surface area contributed by atoms with Crippen LogP contribution in [0, 0.1) is 0 Å². The number of benzene rings is 9. The molecule has 2 N–H and O–H groups in total. The highest BCUT2D eigenvalue weighted by Gasteiger charge is 1.98. The first kappa shape index (κ1) is 112. The van der Waals surface area contributed by atoms with Crippen LogP contribution in [-0.2, 0) is 0 Å². The van der Waals surface area contributed by atoms with Crippen molar-refractivity contribution >= 4 is 62.6 Å². The van der Waals surface area contributed by atoms with Gasteiger partial charge in [-0.05, 0) is 64.6 Å². The van der Waals surface area contributed by atoms with E-state index in [0.29, 0.717) is 11.1 Å². The molecular formula is C87H129BFO5. The van der Waals surface area contributed by atoms with Gasteiger partial charge in [0.1, 0.15) is 0 Å². The summed E-state index contributed by atoms with van der Waals surface area (Å²) in [7, 11) is 0. The van der Waals surface area contributed by atoms with Crippen molar-refractivity contribution in [1.82, 2.24) is 0 Å². The Morgan fingerprint density at radius 3 is 0.489 bits per heavy atom. The molecule has 0 fully saturated rings. The van der Waals surface area contributed by atoms with Crippen LogP contribution >= 0.6 is 0 Å². The zero-order valence-corrected chi connectivity index (χ0v) is 59.0. The second-order valence-electron chi connectivity index (χ2n) is 14.8. The number of carbonyl (C=O) groups excluding carboxylic acids is 1. The molecule has 0 bridgehead atoms. The van der Waals surface area contributed by atoms with Crippen LogP contribution < -0.4 is 0 Å². The zero-order valence-electron chi connectivity index (χ0n) is 59.0. The molecule has 517 valence electrons. The number of aromatic carboxylic acids is 2. The molecule has 3 radical (unpaired) electrons. The summed E-state index contributed by atoms with van der Waals surface area (Å²) in [6, 6.07) is 87.1. The van der Waals surface area contributed by atoms with Gasteiger partial charge in [0.05, 0.1) is 11.1 Å². The lowest BCUT2D eigenvalue weighted by atomic mass is 10.1. The van der Waals surface area contributed by atoms with Crippen LogP contribution in [0.1, 0.15) is 220 Å². The van der Waals surface area contributed by atoms with Crippen LogP contribution in [-0.4, -0.2) is 36.3 Å². The van der Waals surface area contributed by atoms with E-state index in [1.165, 1.54) is 33.4 Å². The number of hydrogen-bond donors (Lipinski definition) is 2. The SMILES string of the molecule is C.C.C.C(=C\c1ccccc1)/c1ccccc1.C(=C\c1ccccc1)/c1ccccc1.C=Cc1ccccc1.C=Cc1ccccc1.CC.CC.CC.CC.CC.CC.CC.CC.CC.CC(=O)c1ccccc1.F.O=C(O)c1ccccc1.O=C(O)c1ccccc1.[2HH].[B]. The van der Waals surface area contributed by atoms with Gasteiger partial charge in [-0.2, -0.15) is 0 Å². The fourth-order valence-corrected chi connectivity index (χ4v) is 5.65. The normalized spacial score (nSPS) is 7.73. The van der Waals surface area contributed by atoms with Gasteiger partial charge in [-0.15, -0.1) is 0 Å². The Hall–Kier alpha value is -9.46. The molecule has 0 amide bonds. The number of hydrogen-bond acceptors (Lipinski definition) is 3. The first-order chi connectivity index (χ1) is 43.7. The van der Waals surface area contributed by atoms with Crippen molar-refractivity contribution < 1.29 is 30.7 Å². The van der Waals surface area contributed by atoms with E-state index in [-0.39, 0.29) is 42.6 Å². The van der Waals surface area contributed by atoms with Crippen LogP contribution in [0.25, 0.3) is 36.5 Å². The number of halogens is 1. The first-order valence-electron chi connectivity index (χ1n) is 31.7. The molecule has 0 aromatic heterocycles. The van der Waals surface area contributed by atoms with E-state index in [1.807, 2.05) is 301 Å². The van der Waals surface area contributed by atoms with Gasteiger partial charge in [-0.1, -0.05) is 445 Å². The standard InChI is InChI=1S/2C14H12.C8H8O.2C8H8.2C7H6O2.9C2H6.3CH4.B.FH.H2/c2*1-3-7-13(8-4-1)11-12-14-9-5-2-6-10-14;1-7(9)8-5-3-2-4-6-8;2*1-2-8-6-4-3-5-7-8;2*8-7(9)6-4-2-1-3-5-6;9*1-2;;;;;;/h2*1-12H;2-6H,1H3;2*2-7H,1H2;2*1-5H,(H,8,9);9*1-2H3;3*1H4;;2*1H/b2*12-11+;;;;;;;;;;;;;;;;;;;;/i;;;;;;;;;;;;;;;;;;;;;1+1. The van der Waals surface area contributed by atoms with E-state index >= 15 is 0 Å². The predicted molar refractivity (Wildman–Crippen MR) is 433 cm³/mol. The van der Waals surface area contributed by atoms with E-state index < -0.39 is 11.9 Å². The molecule has 7 heteroatoms. The molecule has 0 aliphatic heterocycles. The average molecular weight is 1290 g/mol. The van der Waals surface area contributed by atoms with Crippen molar-refractivity contribution in [3.63, 3.8) is 0 Å². The Kier molecular flexibility index (Phi) is 113. The molecule has 0 saturated heterocycles. The molecule has 9 rings (SSSR count). The Morgan fingerprint density at radius 2 is 0.394 bits per heavy atom. The summed E-state index contributed by atoms with van der Waals surface area (Å²) >= 11 is 0. The lowest BCUT2D eigenvalue weighted by molar-refractivity contribution is 0.0686. The average Bonchev–Trinajstić information content (AvgIpc) is 2.71. The third-order valence-electron chi connectivity index (χ3n) is 9.43. The highest BCUT2D eigenvalue weighted by atomic mass is 19.0. The van der Waals surface area contributed by atoms with Crippen LogP contribution in [0.4, 0.5) is 4.70 Å². The van der Waals surface area contributed by atoms with Gasteiger partial charge >= 0.3 is 11.9 Å². The van der Waals surface area contributed by atoms with Crippen molar-refractivity contribution in [2.75, 3.05) is 0 Å². The molecule has 0 saturated carbocycles. The monoisotopic (exact) mass is 1280 g/mol. The summed E-state index contributed by atoms with van der Waals surface area (Å²) < 4.78 is 0. The second-order valence-corrected chi connectivity index (χ2v) is 14.8. The maximum Gasteiger partial charge on any atom is 0.335 e. The van der Waals surface area contributed by atoms with E-state index in [2.05, 4.69) is 86.0 Å². The molecule has 9 aromatic rings. The summed E-state index contributed by atoms with van der Waals surface area (Å²) in [5.74, 6) is -1.64. The minimum Gasteiger partial charge on any atom is -0.478 e. The van der Waals surface area contributed by atoms with Crippen molar-refractivity contribution in [3.8, 4) is 0 Å². The van der Waals surface area contributed by atoms with E-state index in [9.17, 15) is 14.4 Å². The lowest BCUT2D eigenvalue weighted by Crippen LogP contribution is -1.93. The zero-order chi connectivity index (χ0) is 69.0. The number of ketones is 1. The molecule has 0 atom stereocenters. The van der Waals surface area contributed by atoms with Crippen molar-refractivity contribution in [3.05, 3.63) is 336 Å². The number of Topliss-reactive ketones (excluding diaryl/α,β-unsaturated/α-hetero) is 1. The highest BCUT2D eigenvalue weighted by molar-refractivity contribution is 5.94. The highest BCUT2D eigenvalue weighted by Crippen LogP contribution is 2.09. The third kappa shape index (κ3) is 70.0. The number of carboxylic acids is 2. The summed E-state index contributed by atoms with van der Waals surface area (Å²) in [5, 5.41) is 16.8. The molecule has 94 heavy (non-hydrogen) atoms. The first-order valence-corrected chi connectivity index (χ1v) is 31.7. The minimum atomic E-state index is -0.879. The lowest BCUT2D eigenvalue weighted by Gasteiger charge is -1.92. The third-order valence-corrected chi connectivity index (χ3v) is 9.43. The van der Waals surface area contributed by atoms with Crippen LogP contribution in [0.2, 0.25) is 0 Å². The molecule has 0 spiro atoms. The fourth-order valence-electron chi connectivity index (χ4n) is 5.65. The van der Waals surface area contributed by atoms with Gasteiger partial charge in [0.2, 0.25) is 0 Å². The molecule has 0 heterocycles. The smallest absolute Gasteiger partial charge is 0.335 e. The number of carboxylic acid groups (broad SMARTS) is 2. The molecular weight excluding hydrogens is 1150 g/mol. The quantitative estimate of drug-likeness (QED) is 0.0853. The Morgan fingerprint density at radius 1 is 0.266 bits per heavy atom. The van der Waals surface area contributed by atoms with Gasteiger partial charge in [-0.3, -0.25) is 9.50 Å². The van der Waals surface area contributed by atoms with Gasteiger partial charge in [0.25, 0.3) is 0 Å². The number of carbonyl (C=O) groups is 3. The molecule has 0 aliphatic carbocycles. The Balaban J connectivity index is -0.0000000719. The molecule has 0 unspecified atom stereocenters. The maximum absolute atomic E-state index is 10.6. The topological polar surface area (TPSA) is 91.7 Å². The van der Waals surface area contributed by atoms with Gasteiger partial charge in [0, 0.05) is 15.4 Å². The summed E-state index contributed by atoms with van der Waals surface area (Å²) in [4.78, 5) is 31.0.